The lowest BCUT2D eigenvalue weighted by molar-refractivity contribution is -0.132. The molecule has 2 aromatic rings. The maximum absolute atomic E-state index is 12.4. The molecule has 0 bridgehead atoms. The van der Waals surface area contributed by atoms with E-state index in [4.69, 9.17) is 14.2 Å². The first-order valence-electron chi connectivity index (χ1n) is 10.4. The number of hydrogen-bond acceptors (Lipinski definition) is 8. The lowest BCUT2D eigenvalue weighted by atomic mass is 10.2. The van der Waals surface area contributed by atoms with Gasteiger partial charge in [-0.1, -0.05) is 31.1 Å². The number of ether oxygens (including phenoxy) is 3. The summed E-state index contributed by atoms with van der Waals surface area (Å²) >= 11 is 1.28. The molecule has 0 saturated heterocycles. The number of benzene rings is 1. The summed E-state index contributed by atoms with van der Waals surface area (Å²) in [5.74, 6) is 1.21. The van der Waals surface area contributed by atoms with Gasteiger partial charge < -0.3 is 24.4 Å². The number of anilines is 1. The molecule has 168 valence electrons. The minimum absolute atomic E-state index is 0.0549. The Morgan fingerprint density at radius 3 is 2.81 bits per heavy atom. The standard InChI is InChI=1S/C21H28N4O5S/c1-3-4-5-6-19(27)25(11-12-28-2)10-9-18(26)22-21-24-23-20(31-21)15-7-8-16-17(13-15)30-14-29-16/h7-8,13H,3-6,9-12,14H2,1-2H3,(H,22,24,26). The second-order valence-electron chi connectivity index (χ2n) is 7.11. The van der Waals surface area contributed by atoms with Crippen LogP contribution < -0.4 is 14.8 Å². The highest BCUT2D eigenvalue weighted by atomic mass is 32.1. The predicted molar refractivity (Wildman–Crippen MR) is 117 cm³/mol. The number of methoxy groups -OCH3 is 1. The zero-order valence-corrected chi connectivity index (χ0v) is 18.7. The van der Waals surface area contributed by atoms with Crippen molar-refractivity contribution in [2.75, 3.05) is 38.9 Å². The average molecular weight is 449 g/mol. The fraction of sp³-hybridized carbons (Fsp3) is 0.524. The highest BCUT2D eigenvalue weighted by Crippen LogP contribution is 2.37. The summed E-state index contributed by atoms with van der Waals surface area (Å²) in [6, 6.07) is 5.53. The summed E-state index contributed by atoms with van der Waals surface area (Å²) < 4.78 is 15.8. The quantitative estimate of drug-likeness (QED) is 0.497. The molecule has 0 unspecified atom stereocenters. The van der Waals surface area contributed by atoms with Gasteiger partial charge in [-0.2, -0.15) is 0 Å². The van der Waals surface area contributed by atoms with E-state index in [2.05, 4.69) is 22.4 Å². The van der Waals surface area contributed by atoms with E-state index in [9.17, 15) is 9.59 Å². The summed E-state index contributed by atoms with van der Waals surface area (Å²) in [7, 11) is 1.60. The minimum atomic E-state index is -0.211. The molecule has 2 amide bonds. The Labute approximate surface area is 185 Å². The van der Waals surface area contributed by atoms with Crippen molar-refractivity contribution in [3.05, 3.63) is 18.2 Å². The van der Waals surface area contributed by atoms with Crippen LogP contribution in [0.5, 0.6) is 11.5 Å². The summed E-state index contributed by atoms with van der Waals surface area (Å²) in [4.78, 5) is 26.5. The second kappa shape index (κ2) is 11.6. The van der Waals surface area contributed by atoms with E-state index in [1.54, 1.807) is 12.0 Å². The maximum Gasteiger partial charge on any atom is 0.231 e. The predicted octanol–water partition coefficient (Wildman–Crippen LogP) is 3.32. The lowest BCUT2D eigenvalue weighted by Crippen LogP contribution is -2.36. The lowest BCUT2D eigenvalue weighted by Gasteiger charge is -2.22. The Morgan fingerprint density at radius 1 is 1.16 bits per heavy atom. The Kier molecular flexibility index (Phi) is 8.60. The summed E-state index contributed by atoms with van der Waals surface area (Å²) in [5, 5.41) is 12.0. The van der Waals surface area contributed by atoms with Crippen LogP contribution in [0.2, 0.25) is 0 Å². The molecule has 2 heterocycles. The fourth-order valence-electron chi connectivity index (χ4n) is 3.09. The molecular weight excluding hydrogens is 420 g/mol. The number of carbonyl (C=O) groups excluding carboxylic acids is 2. The van der Waals surface area contributed by atoms with Crippen molar-refractivity contribution in [3.63, 3.8) is 0 Å². The van der Waals surface area contributed by atoms with Crippen LogP contribution in [-0.4, -0.2) is 60.5 Å². The van der Waals surface area contributed by atoms with E-state index in [1.165, 1.54) is 11.3 Å². The highest BCUT2D eigenvalue weighted by Gasteiger charge is 2.18. The van der Waals surface area contributed by atoms with Gasteiger partial charge in [0, 0.05) is 38.6 Å². The van der Waals surface area contributed by atoms with Crippen LogP contribution in [-0.2, 0) is 14.3 Å². The molecule has 0 radical (unpaired) electrons. The van der Waals surface area contributed by atoms with Gasteiger partial charge in [-0.25, -0.2) is 0 Å². The number of fused-ring (bicyclic) bond motifs is 1. The Bertz CT molecular complexity index is 888. The Hall–Kier alpha value is -2.72. The third kappa shape index (κ3) is 6.63. The molecule has 0 saturated carbocycles. The van der Waals surface area contributed by atoms with Crippen molar-refractivity contribution >= 4 is 28.3 Å². The third-order valence-electron chi connectivity index (χ3n) is 4.81. The largest absolute Gasteiger partial charge is 0.454 e. The smallest absolute Gasteiger partial charge is 0.231 e. The molecule has 0 atom stereocenters. The molecule has 0 spiro atoms. The number of aromatic nitrogens is 2. The minimum Gasteiger partial charge on any atom is -0.454 e. The summed E-state index contributed by atoms with van der Waals surface area (Å²) in [6.07, 6.45) is 3.62. The summed E-state index contributed by atoms with van der Waals surface area (Å²) in [6.45, 7) is 3.56. The fourth-order valence-corrected chi connectivity index (χ4v) is 3.84. The topological polar surface area (TPSA) is 103 Å². The van der Waals surface area contributed by atoms with Crippen LogP contribution in [0.4, 0.5) is 5.13 Å². The number of nitrogens with zero attached hydrogens (tertiary/aromatic N) is 3. The third-order valence-corrected chi connectivity index (χ3v) is 5.70. The van der Waals surface area contributed by atoms with Crippen LogP contribution in [0.25, 0.3) is 10.6 Å². The van der Waals surface area contributed by atoms with Crippen LogP contribution in [0, 0.1) is 0 Å². The molecule has 10 heteroatoms. The van der Waals surface area contributed by atoms with Crippen molar-refractivity contribution in [2.45, 2.75) is 39.0 Å². The molecule has 0 fully saturated rings. The van der Waals surface area contributed by atoms with E-state index < -0.39 is 0 Å². The highest BCUT2D eigenvalue weighted by molar-refractivity contribution is 7.18. The van der Waals surface area contributed by atoms with Crippen LogP contribution in [0.1, 0.15) is 39.0 Å². The van der Waals surface area contributed by atoms with Crippen molar-refractivity contribution in [3.8, 4) is 22.1 Å². The number of rotatable bonds is 12. The normalized spacial score (nSPS) is 12.1. The second-order valence-corrected chi connectivity index (χ2v) is 8.09. The number of nitrogens with one attached hydrogen (secondary N) is 1. The summed E-state index contributed by atoms with van der Waals surface area (Å²) in [5.41, 5.74) is 0.839. The molecule has 1 aliphatic heterocycles. The van der Waals surface area contributed by atoms with Crippen LogP contribution >= 0.6 is 11.3 Å². The van der Waals surface area contributed by atoms with Gasteiger partial charge in [0.15, 0.2) is 11.5 Å². The van der Waals surface area contributed by atoms with E-state index in [0.717, 1.165) is 24.8 Å². The first-order chi connectivity index (χ1) is 15.1. The molecular formula is C21H28N4O5S. The number of amides is 2. The first kappa shape index (κ1) is 23.0. The van der Waals surface area contributed by atoms with Crippen molar-refractivity contribution in [1.82, 2.24) is 15.1 Å². The van der Waals surface area contributed by atoms with Crippen molar-refractivity contribution in [1.29, 1.82) is 0 Å². The molecule has 0 aliphatic carbocycles. The van der Waals surface area contributed by atoms with E-state index in [0.29, 0.717) is 47.8 Å². The average Bonchev–Trinajstić information content (AvgIpc) is 3.42. The maximum atomic E-state index is 12.4. The van der Waals surface area contributed by atoms with E-state index in [1.807, 2.05) is 18.2 Å². The van der Waals surface area contributed by atoms with Gasteiger partial charge in [0.05, 0.1) is 6.61 Å². The SMILES string of the molecule is CCCCCC(=O)N(CCOC)CCC(=O)Nc1nnc(-c2ccc3c(c2)OCO3)s1. The Balaban J connectivity index is 1.52. The number of carbonyl (C=O) groups is 2. The zero-order valence-electron chi connectivity index (χ0n) is 17.9. The Morgan fingerprint density at radius 2 is 2.00 bits per heavy atom. The number of unbranched alkanes of at least 4 members (excludes halogenated alkanes) is 2. The molecule has 9 nitrogen and oxygen atoms in total. The van der Waals surface area contributed by atoms with Gasteiger partial charge in [-0.3, -0.25) is 9.59 Å². The van der Waals surface area contributed by atoms with Gasteiger partial charge in [0.2, 0.25) is 23.7 Å². The van der Waals surface area contributed by atoms with Gasteiger partial charge in [0.25, 0.3) is 0 Å². The van der Waals surface area contributed by atoms with Gasteiger partial charge >= 0.3 is 0 Å². The molecule has 3 rings (SSSR count). The molecule has 1 aliphatic rings. The van der Waals surface area contributed by atoms with Crippen molar-refractivity contribution in [2.24, 2.45) is 0 Å². The van der Waals surface area contributed by atoms with Gasteiger partial charge in [-0.15, -0.1) is 10.2 Å². The molecule has 31 heavy (non-hydrogen) atoms. The molecule has 1 aromatic heterocycles. The van der Waals surface area contributed by atoms with Crippen molar-refractivity contribution < 1.29 is 23.8 Å². The van der Waals surface area contributed by atoms with E-state index >= 15 is 0 Å². The molecule has 1 N–H and O–H groups in total. The van der Waals surface area contributed by atoms with Crippen LogP contribution in [0.3, 0.4) is 0 Å². The van der Waals surface area contributed by atoms with Crippen LogP contribution in [0.15, 0.2) is 18.2 Å². The zero-order chi connectivity index (χ0) is 22.1. The van der Waals surface area contributed by atoms with Gasteiger partial charge in [-0.05, 0) is 24.6 Å². The molecule has 1 aromatic carbocycles. The number of hydrogen-bond donors (Lipinski definition) is 1. The first-order valence-corrected chi connectivity index (χ1v) is 11.2. The monoisotopic (exact) mass is 448 g/mol. The van der Waals surface area contributed by atoms with Gasteiger partial charge in [0.1, 0.15) is 5.01 Å². The van der Waals surface area contributed by atoms with E-state index in [-0.39, 0.29) is 25.0 Å².